The zero-order chi connectivity index (χ0) is 23.0. The Hall–Kier alpha value is -1.58. The number of benzene rings is 1. The van der Waals surface area contributed by atoms with E-state index in [-0.39, 0.29) is 41.1 Å². The zero-order valence-electron chi connectivity index (χ0n) is 19.1. The van der Waals surface area contributed by atoms with Gasteiger partial charge in [-0.2, -0.15) is 4.31 Å². The summed E-state index contributed by atoms with van der Waals surface area (Å²) in [4.78, 5) is 30.4. The summed E-state index contributed by atoms with van der Waals surface area (Å²) in [5.41, 5.74) is 0.531. The zero-order valence-corrected chi connectivity index (χ0v) is 20.8. The fourth-order valence-electron chi connectivity index (χ4n) is 5.02. The number of likely N-dealkylation sites (tertiary alicyclic amines) is 1. The fraction of sp³-hybridized carbons (Fsp3) is 0.652. The Morgan fingerprint density at radius 2 is 1.72 bits per heavy atom. The Kier molecular flexibility index (Phi) is 6.89. The summed E-state index contributed by atoms with van der Waals surface area (Å²) >= 11 is 1.39. The Balaban J connectivity index is 1.60. The van der Waals surface area contributed by atoms with Crippen molar-refractivity contribution in [2.75, 3.05) is 30.3 Å². The van der Waals surface area contributed by atoms with Gasteiger partial charge in [0.25, 0.3) is 0 Å². The highest BCUT2D eigenvalue weighted by molar-refractivity contribution is 8.00. The van der Waals surface area contributed by atoms with Crippen molar-refractivity contribution >= 4 is 39.3 Å². The van der Waals surface area contributed by atoms with Crippen molar-refractivity contribution in [1.82, 2.24) is 9.21 Å². The Morgan fingerprint density at radius 1 is 1.06 bits per heavy atom. The number of hydrogen-bond acceptors (Lipinski definition) is 5. The first-order valence-electron chi connectivity index (χ1n) is 11.6. The van der Waals surface area contributed by atoms with Crippen molar-refractivity contribution in [3.05, 3.63) is 18.2 Å². The number of nitrogens with zero attached hydrogens (tertiary/aromatic N) is 3. The van der Waals surface area contributed by atoms with Gasteiger partial charge >= 0.3 is 0 Å². The van der Waals surface area contributed by atoms with Gasteiger partial charge in [0, 0.05) is 30.1 Å². The van der Waals surface area contributed by atoms with Gasteiger partial charge < -0.3 is 9.80 Å². The van der Waals surface area contributed by atoms with Crippen LogP contribution in [0.2, 0.25) is 0 Å². The minimum atomic E-state index is -3.64. The molecule has 9 heteroatoms. The van der Waals surface area contributed by atoms with Crippen LogP contribution in [0.1, 0.15) is 52.9 Å². The summed E-state index contributed by atoms with van der Waals surface area (Å²) < 4.78 is 28.1. The minimum absolute atomic E-state index is 0.0498. The summed E-state index contributed by atoms with van der Waals surface area (Å²) in [6.45, 7) is 7.23. The van der Waals surface area contributed by atoms with Crippen LogP contribution in [0.5, 0.6) is 0 Å². The second kappa shape index (κ2) is 9.35. The first-order valence-corrected chi connectivity index (χ1v) is 14.0. The molecule has 1 aromatic carbocycles. The molecule has 1 aromatic rings. The summed E-state index contributed by atoms with van der Waals surface area (Å²) in [6.07, 6.45) is 4.74. The van der Waals surface area contributed by atoms with Crippen LogP contribution >= 0.6 is 11.8 Å². The van der Waals surface area contributed by atoms with Gasteiger partial charge in [-0.05, 0) is 70.1 Å². The number of sulfonamides is 1. The van der Waals surface area contributed by atoms with Crippen LogP contribution in [0.4, 0.5) is 5.69 Å². The number of piperidine rings is 2. The SMILES string of the molecule is CC1CCN(S(=O)(=O)c2ccc3c(c2)N(CC(=O)N2[C@@H](C)CCC[C@@H]2C)C(=O)CS3)CC1. The number of fused-ring (bicyclic) bond motifs is 1. The van der Waals surface area contributed by atoms with E-state index < -0.39 is 10.0 Å². The molecule has 3 aliphatic rings. The molecule has 3 heterocycles. The van der Waals surface area contributed by atoms with Gasteiger partial charge in [0.2, 0.25) is 21.8 Å². The van der Waals surface area contributed by atoms with E-state index in [4.69, 9.17) is 0 Å². The predicted octanol–water partition coefficient (Wildman–Crippen LogP) is 3.34. The van der Waals surface area contributed by atoms with E-state index in [0.717, 1.165) is 37.0 Å². The van der Waals surface area contributed by atoms with Crippen molar-refractivity contribution in [3.8, 4) is 0 Å². The van der Waals surface area contributed by atoms with E-state index in [1.54, 1.807) is 22.5 Å². The van der Waals surface area contributed by atoms with Crippen LogP contribution in [0.3, 0.4) is 0 Å². The topological polar surface area (TPSA) is 78.0 Å². The van der Waals surface area contributed by atoms with Crippen LogP contribution in [-0.2, 0) is 19.6 Å². The number of hydrogen-bond donors (Lipinski definition) is 0. The molecule has 2 fully saturated rings. The lowest BCUT2D eigenvalue weighted by molar-refractivity contribution is -0.136. The summed E-state index contributed by atoms with van der Waals surface area (Å²) in [5, 5.41) is 0. The smallest absolute Gasteiger partial charge is 0.243 e. The van der Waals surface area contributed by atoms with Gasteiger partial charge in [-0.25, -0.2) is 8.42 Å². The Morgan fingerprint density at radius 3 is 2.38 bits per heavy atom. The third kappa shape index (κ3) is 4.56. The monoisotopic (exact) mass is 479 g/mol. The van der Waals surface area contributed by atoms with Gasteiger partial charge in [0.15, 0.2) is 0 Å². The molecule has 0 bridgehead atoms. The fourth-order valence-corrected chi connectivity index (χ4v) is 7.43. The summed E-state index contributed by atoms with van der Waals surface area (Å²) in [7, 11) is -3.64. The molecular weight excluding hydrogens is 446 g/mol. The molecule has 4 rings (SSSR count). The summed E-state index contributed by atoms with van der Waals surface area (Å²) in [6, 6.07) is 5.28. The molecule has 0 aromatic heterocycles. The third-order valence-electron chi connectivity index (χ3n) is 7.03. The quantitative estimate of drug-likeness (QED) is 0.662. The Labute approximate surface area is 195 Å². The molecule has 0 aliphatic carbocycles. The number of carbonyl (C=O) groups is 2. The summed E-state index contributed by atoms with van der Waals surface area (Å²) in [5.74, 6) is 0.547. The molecular formula is C23H33N3O4S2. The Bertz CT molecular complexity index is 979. The van der Waals surface area contributed by atoms with E-state index in [1.165, 1.54) is 16.7 Å². The van der Waals surface area contributed by atoms with Crippen LogP contribution in [0.15, 0.2) is 28.0 Å². The van der Waals surface area contributed by atoms with Gasteiger partial charge in [-0.15, -0.1) is 11.8 Å². The maximum absolute atomic E-state index is 13.3. The van der Waals surface area contributed by atoms with E-state index in [2.05, 4.69) is 20.8 Å². The molecule has 7 nitrogen and oxygen atoms in total. The maximum atomic E-state index is 13.3. The normalized spacial score (nSPS) is 25.7. The molecule has 32 heavy (non-hydrogen) atoms. The average molecular weight is 480 g/mol. The van der Waals surface area contributed by atoms with Crippen LogP contribution in [0.25, 0.3) is 0 Å². The van der Waals surface area contributed by atoms with Crippen molar-refractivity contribution in [2.45, 2.75) is 74.7 Å². The number of anilines is 1. The van der Waals surface area contributed by atoms with Gasteiger partial charge in [-0.1, -0.05) is 6.92 Å². The minimum Gasteiger partial charge on any atom is -0.336 e. The van der Waals surface area contributed by atoms with Crippen molar-refractivity contribution in [2.24, 2.45) is 5.92 Å². The molecule has 0 radical (unpaired) electrons. The van der Waals surface area contributed by atoms with E-state index in [1.807, 2.05) is 4.90 Å². The van der Waals surface area contributed by atoms with Gasteiger partial charge in [-0.3, -0.25) is 9.59 Å². The molecule has 176 valence electrons. The van der Waals surface area contributed by atoms with Crippen LogP contribution in [0, 0.1) is 5.92 Å². The van der Waals surface area contributed by atoms with E-state index in [9.17, 15) is 18.0 Å². The number of thioether (sulfide) groups is 1. The molecule has 0 spiro atoms. The average Bonchev–Trinajstić information content (AvgIpc) is 2.75. The standard InChI is InChI=1S/C23H33N3O4S2/c1-16-9-11-24(12-10-16)32(29,30)19-7-8-21-20(13-19)25(23(28)15-31-21)14-22(27)26-17(2)5-4-6-18(26)3/h7-8,13,16-18H,4-6,9-12,14-15H2,1-3H3/t17-,18-/m0/s1. The predicted molar refractivity (Wildman–Crippen MR) is 126 cm³/mol. The number of rotatable bonds is 4. The number of carbonyl (C=O) groups excluding carboxylic acids is 2. The van der Waals surface area contributed by atoms with Gasteiger partial charge in [0.1, 0.15) is 6.54 Å². The molecule has 2 atom stereocenters. The number of amides is 2. The highest BCUT2D eigenvalue weighted by Gasteiger charge is 2.35. The molecule has 0 saturated carbocycles. The lowest BCUT2D eigenvalue weighted by atomic mass is 9.97. The van der Waals surface area contributed by atoms with Crippen LogP contribution in [-0.4, -0.2) is 66.9 Å². The first-order chi connectivity index (χ1) is 15.2. The third-order valence-corrected chi connectivity index (χ3v) is 9.97. The molecule has 2 saturated heterocycles. The maximum Gasteiger partial charge on any atom is 0.243 e. The van der Waals surface area contributed by atoms with E-state index >= 15 is 0 Å². The molecule has 0 unspecified atom stereocenters. The lowest BCUT2D eigenvalue weighted by Crippen LogP contribution is -2.52. The second-order valence-electron chi connectivity index (χ2n) is 9.41. The van der Waals surface area contributed by atoms with Crippen molar-refractivity contribution in [3.63, 3.8) is 0 Å². The molecule has 3 aliphatic heterocycles. The van der Waals surface area contributed by atoms with Gasteiger partial charge in [0.05, 0.1) is 16.3 Å². The largest absolute Gasteiger partial charge is 0.336 e. The van der Waals surface area contributed by atoms with Crippen molar-refractivity contribution in [1.29, 1.82) is 0 Å². The highest BCUT2D eigenvalue weighted by atomic mass is 32.2. The molecule has 0 N–H and O–H groups in total. The van der Waals surface area contributed by atoms with Crippen LogP contribution < -0.4 is 4.90 Å². The first kappa shape index (κ1) is 23.6. The van der Waals surface area contributed by atoms with E-state index in [0.29, 0.717) is 24.7 Å². The van der Waals surface area contributed by atoms with Crippen molar-refractivity contribution < 1.29 is 18.0 Å². The molecule has 2 amide bonds. The lowest BCUT2D eigenvalue weighted by Gasteiger charge is -2.40. The highest BCUT2D eigenvalue weighted by Crippen LogP contribution is 2.38. The second-order valence-corrected chi connectivity index (χ2v) is 12.4.